The Morgan fingerprint density at radius 1 is 1.06 bits per heavy atom. The van der Waals surface area contributed by atoms with Gasteiger partial charge in [-0.05, 0) is 12.3 Å². The van der Waals surface area contributed by atoms with Gasteiger partial charge in [0.1, 0.15) is 0 Å². The fourth-order valence-electron chi connectivity index (χ4n) is 1.94. The number of piperazine rings is 2. The zero-order valence-corrected chi connectivity index (χ0v) is 9.82. The molecule has 17 heavy (non-hydrogen) atoms. The second-order valence-corrected chi connectivity index (χ2v) is 4.17. The van der Waals surface area contributed by atoms with E-state index < -0.39 is 0 Å². The fraction of sp³-hybridized carbons (Fsp3) is 0.636. The van der Waals surface area contributed by atoms with Gasteiger partial charge in [0.05, 0.1) is 13.1 Å². The van der Waals surface area contributed by atoms with Gasteiger partial charge in [0, 0.05) is 32.7 Å². The molecule has 2 aliphatic heterocycles. The number of amides is 2. The smallest absolute Gasteiger partial charge is 0.243 e. The molecule has 0 aromatic rings. The summed E-state index contributed by atoms with van der Waals surface area (Å²) in [4.78, 5) is 26.4. The molecule has 94 valence electrons. The summed E-state index contributed by atoms with van der Waals surface area (Å²) >= 11 is 0. The average Bonchev–Trinajstić information content (AvgIpc) is 2.34. The van der Waals surface area contributed by atoms with Crippen LogP contribution in [-0.4, -0.2) is 67.4 Å². The van der Waals surface area contributed by atoms with Crippen molar-refractivity contribution in [3.8, 4) is 0 Å². The van der Waals surface area contributed by atoms with Crippen LogP contribution in [0.25, 0.3) is 0 Å². The quantitative estimate of drug-likeness (QED) is 0.578. The second-order valence-electron chi connectivity index (χ2n) is 4.17. The third-order valence-corrected chi connectivity index (χ3v) is 2.91. The Bertz CT molecular complexity index is 307. The molecule has 2 N–H and O–H groups in total. The van der Waals surface area contributed by atoms with E-state index in [0.29, 0.717) is 6.54 Å². The summed E-state index contributed by atoms with van der Waals surface area (Å²) in [6, 6.07) is 0. The molecule has 0 bridgehead atoms. The molecule has 2 saturated heterocycles. The van der Waals surface area contributed by atoms with E-state index in [0.717, 1.165) is 26.2 Å². The maximum atomic E-state index is 11.5. The van der Waals surface area contributed by atoms with E-state index in [-0.39, 0.29) is 24.9 Å². The summed E-state index contributed by atoms with van der Waals surface area (Å²) in [7, 11) is 0. The van der Waals surface area contributed by atoms with Crippen LogP contribution in [0.1, 0.15) is 0 Å². The summed E-state index contributed by atoms with van der Waals surface area (Å²) in [5.41, 5.74) is 0. The first-order valence-corrected chi connectivity index (χ1v) is 5.93. The SMILES string of the molecule is O=C1CNCC(=O)N1CC=CN1CCNCC1. The minimum Gasteiger partial charge on any atom is -0.375 e. The van der Waals surface area contributed by atoms with Gasteiger partial charge in [-0.3, -0.25) is 19.8 Å². The number of hydrogen-bond acceptors (Lipinski definition) is 5. The summed E-state index contributed by atoms with van der Waals surface area (Å²) < 4.78 is 0. The number of rotatable bonds is 3. The molecular formula is C11H18N4O2. The maximum absolute atomic E-state index is 11.5. The standard InChI is InChI=1S/C11H18N4O2/c16-10-8-13-9-11(17)15(10)5-1-4-14-6-2-12-3-7-14/h1,4,12-13H,2-3,5-9H2. The van der Waals surface area contributed by atoms with E-state index in [1.807, 2.05) is 12.3 Å². The van der Waals surface area contributed by atoms with Crippen molar-refractivity contribution in [3.63, 3.8) is 0 Å². The molecule has 0 aromatic carbocycles. The van der Waals surface area contributed by atoms with E-state index in [4.69, 9.17) is 0 Å². The van der Waals surface area contributed by atoms with Gasteiger partial charge in [0.25, 0.3) is 0 Å². The van der Waals surface area contributed by atoms with Crippen molar-refractivity contribution in [2.75, 3.05) is 45.8 Å². The molecular weight excluding hydrogens is 220 g/mol. The summed E-state index contributed by atoms with van der Waals surface area (Å²) in [6.45, 7) is 4.80. The molecule has 2 heterocycles. The van der Waals surface area contributed by atoms with Crippen LogP contribution >= 0.6 is 0 Å². The van der Waals surface area contributed by atoms with E-state index in [2.05, 4.69) is 15.5 Å². The van der Waals surface area contributed by atoms with E-state index in [1.54, 1.807) is 0 Å². The van der Waals surface area contributed by atoms with Crippen LogP contribution in [0.5, 0.6) is 0 Å². The first-order valence-electron chi connectivity index (χ1n) is 5.93. The minimum atomic E-state index is -0.147. The molecule has 6 nitrogen and oxygen atoms in total. The Morgan fingerprint density at radius 2 is 1.71 bits per heavy atom. The number of nitrogens with zero attached hydrogens (tertiary/aromatic N) is 2. The molecule has 0 radical (unpaired) electrons. The summed E-state index contributed by atoms with van der Waals surface area (Å²) in [6.07, 6.45) is 3.86. The predicted molar refractivity (Wildman–Crippen MR) is 63.2 cm³/mol. The maximum Gasteiger partial charge on any atom is 0.243 e. The fourth-order valence-corrected chi connectivity index (χ4v) is 1.94. The van der Waals surface area contributed by atoms with E-state index in [9.17, 15) is 9.59 Å². The van der Waals surface area contributed by atoms with Crippen molar-refractivity contribution >= 4 is 11.8 Å². The lowest BCUT2D eigenvalue weighted by Crippen LogP contribution is -2.52. The zero-order valence-electron chi connectivity index (χ0n) is 9.82. The van der Waals surface area contributed by atoms with Gasteiger partial charge in [-0.15, -0.1) is 0 Å². The topological polar surface area (TPSA) is 64.7 Å². The van der Waals surface area contributed by atoms with Crippen molar-refractivity contribution in [1.29, 1.82) is 0 Å². The number of nitrogens with one attached hydrogen (secondary N) is 2. The monoisotopic (exact) mass is 238 g/mol. The molecule has 2 fully saturated rings. The Kier molecular flexibility index (Phi) is 4.11. The number of hydrogen-bond donors (Lipinski definition) is 2. The minimum absolute atomic E-state index is 0.147. The Balaban J connectivity index is 1.81. The number of imide groups is 1. The molecule has 0 aliphatic carbocycles. The van der Waals surface area contributed by atoms with Crippen molar-refractivity contribution in [3.05, 3.63) is 12.3 Å². The van der Waals surface area contributed by atoms with Gasteiger partial charge in [-0.25, -0.2) is 0 Å². The van der Waals surface area contributed by atoms with E-state index >= 15 is 0 Å². The molecule has 0 atom stereocenters. The highest BCUT2D eigenvalue weighted by Gasteiger charge is 2.24. The van der Waals surface area contributed by atoms with Crippen LogP contribution in [0.2, 0.25) is 0 Å². The van der Waals surface area contributed by atoms with E-state index in [1.165, 1.54) is 4.90 Å². The van der Waals surface area contributed by atoms with Gasteiger partial charge in [-0.1, -0.05) is 0 Å². The van der Waals surface area contributed by atoms with Gasteiger partial charge in [0.15, 0.2) is 0 Å². The van der Waals surface area contributed by atoms with Gasteiger partial charge in [0.2, 0.25) is 11.8 Å². The molecule has 0 saturated carbocycles. The normalized spacial score (nSPS) is 22.6. The lowest BCUT2D eigenvalue weighted by atomic mass is 10.3. The first-order chi connectivity index (χ1) is 8.27. The predicted octanol–water partition coefficient (Wildman–Crippen LogP) is -1.64. The third kappa shape index (κ3) is 3.28. The molecule has 6 heteroatoms. The molecule has 2 amide bonds. The number of carbonyl (C=O) groups excluding carboxylic acids is 2. The Hall–Kier alpha value is -1.40. The average molecular weight is 238 g/mol. The van der Waals surface area contributed by atoms with Crippen LogP contribution in [0, 0.1) is 0 Å². The van der Waals surface area contributed by atoms with Crippen molar-refractivity contribution in [2.45, 2.75) is 0 Å². The van der Waals surface area contributed by atoms with Crippen molar-refractivity contribution < 1.29 is 9.59 Å². The highest BCUT2D eigenvalue weighted by atomic mass is 16.2. The highest BCUT2D eigenvalue weighted by Crippen LogP contribution is 1.98. The molecule has 2 rings (SSSR count). The zero-order chi connectivity index (χ0) is 12.1. The first kappa shape index (κ1) is 12.1. The third-order valence-electron chi connectivity index (χ3n) is 2.91. The molecule has 2 aliphatic rings. The van der Waals surface area contributed by atoms with Gasteiger partial charge >= 0.3 is 0 Å². The summed E-state index contributed by atoms with van der Waals surface area (Å²) in [5, 5.41) is 6.04. The lowest BCUT2D eigenvalue weighted by Gasteiger charge is -2.27. The molecule has 0 aromatic heterocycles. The Morgan fingerprint density at radius 3 is 2.35 bits per heavy atom. The highest BCUT2D eigenvalue weighted by molar-refractivity contribution is 5.99. The van der Waals surface area contributed by atoms with Crippen LogP contribution in [0.3, 0.4) is 0 Å². The Labute approximate surface area is 101 Å². The number of carbonyl (C=O) groups is 2. The van der Waals surface area contributed by atoms with Gasteiger partial charge in [-0.2, -0.15) is 0 Å². The summed E-state index contributed by atoms with van der Waals surface area (Å²) in [5.74, 6) is -0.294. The molecule has 0 spiro atoms. The lowest BCUT2D eigenvalue weighted by molar-refractivity contribution is -0.145. The van der Waals surface area contributed by atoms with Crippen LogP contribution < -0.4 is 10.6 Å². The van der Waals surface area contributed by atoms with Crippen LogP contribution in [0.4, 0.5) is 0 Å². The van der Waals surface area contributed by atoms with Crippen LogP contribution in [0.15, 0.2) is 12.3 Å². The van der Waals surface area contributed by atoms with Crippen LogP contribution in [-0.2, 0) is 9.59 Å². The van der Waals surface area contributed by atoms with Crippen molar-refractivity contribution in [2.24, 2.45) is 0 Å². The van der Waals surface area contributed by atoms with Crippen molar-refractivity contribution in [1.82, 2.24) is 20.4 Å². The largest absolute Gasteiger partial charge is 0.375 e. The molecule has 0 unspecified atom stereocenters. The van der Waals surface area contributed by atoms with Gasteiger partial charge < -0.3 is 10.2 Å². The second kappa shape index (κ2) is 5.79.